The van der Waals surface area contributed by atoms with E-state index < -0.39 is 0 Å². The van der Waals surface area contributed by atoms with Crippen molar-refractivity contribution in [1.29, 1.82) is 0 Å². The minimum Gasteiger partial charge on any atom is -0.376 e. The Morgan fingerprint density at radius 2 is 2.28 bits per heavy atom. The molecule has 0 radical (unpaired) electrons. The van der Waals surface area contributed by atoms with E-state index >= 15 is 0 Å². The number of para-hydroxylation sites is 1. The molecule has 1 fully saturated rings. The van der Waals surface area contributed by atoms with Crippen LogP contribution in [0.4, 0.5) is 5.95 Å². The van der Waals surface area contributed by atoms with E-state index in [-0.39, 0.29) is 11.9 Å². The number of aromatic amines is 1. The van der Waals surface area contributed by atoms with Crippen LogP contribution in [-0.2, 0) is 29.0 Å². The molecule has 0 spiro atoms. The molecule has 2 aliphatic heterocycles. The van der Waals surface area contributed by atoms with Gasteiger partial charge in [0.25, 0.3) is 0 Å². The first-order valence-corrected chi connectivity index (χ1v) is 10.3. The molecule has 0 saturated carbocycles. The van der Waals surface area contributed by atoms with Crippen LogP contribution in [0.5, 0.6) is 0 Å². The second-order valence-corrected chi connectivity index (χ2v) is 7.83. The predicted octanol–water partition coefficient (Wildman–Crippen LogP) is 2.36. The number of ether oxygens (including phenoxy) is 1. The van der Waals surface area contributed by atoms with Gasteiger partial charge in [-0.3, -0.25) is 4.79 Å². The third-order valence-corrected chi connectivity index (χ3v) is 5.78. The smallest absolute Gasteiger partial charge is 0.225 e. The molecular weight excluding hydrogens is 366 g/mol. The quantitative estimate of drug-likeness (QED) is 0.713. The third kappa shape index (κ3) is 3.82. The van der Waals surface area contributed by atoms with Crippen molar-refractivity contribution in [3.63, 3.8) is 0 Å². The topological polar surface area (TPSA) is 83.1 Å². The van der Waals surface area contributed by atoms with Crippen LogP contribution in [0.1, 0.15) is 29.7 Å². The highest BCUT2D eigenvalue weighted by atomic mass is 16.5. The van der Waals surface area contributed by atoms with E-state index in [1.165, 1.54) is 0 Å². The second kappa shape index (κ2) is 7.83. The average Bonchev–Trinajstić information content (AvgIpc) is 3.16. The number of amides is 1. The molecule has 2 N–H and O–H groups in total. The summed E-state index contributed by atoms with van der Waals surface area (Å²) in [5.41, 5.74) is 4.27. The summed E-state index contributed by atoms with van der Waals surface area (Å²) >= 11 is 0. The van der Waals surface area contributed by atoms with Crippen molar-refractivity contribution in [3.8, 4) is 0 Å². The van der Waals surface area contributed by atoms with Crippen LogP contribution in [0.15, 0.2) is 36.7 Å². The maximum Gasteiger partial charge on any atom is 0.225 e. The molecule has 3 aromatic rings. The Labute approximate surface area is 169 Å². The van der Waals surface area contributed by atoms with Crippen molar-refractivity contribution in [1.82, 2.24) is 20.3 Å². The molecule has 2 aromatic heterocycles. The molecule has 5 rings (SSSR count). The molecule has 7 nitrogen and oxygen atoms in total. The van der Waals surface area contributed by atoms with Gasteiger partial charge < -0.3 is 19.9 Å². The van der Waals surface area contributed by atoms with Gasteiger partial charge in [-0.15, -0.1) is 0 Å². The Kier molecular flexibility index (Phi) is 4.89. The fourth-order valence-electron chi connectivity index (χ4n) is 4.28. The van der Waals surface area contributed by atoms with Crippen molar-refractivity contribution in [2.45, 2.75) is 38.3 Å². The van der Waals surface area contributed by atoms with E-state index in [1.54, 1.807) is 0 Å². The van der Waals surface area contributed by atoms with Crippen LogP contribution < -0.4 is 10.2 Å². The molecule has 1 amide bonds. The van der Waals surface area contributed by atoms with Crippen LogP contribution in [0.3, 0.4) is 0 Å². The number of piperidine rings is 1. The summed E-state index contributed by atoms with van der Waals surface area (Å²) in [6.45, 7) is 2.98. The van der Waals surface area contributed by atoms with E-state index in [9.17, 15) is 4.79 Å². The third-order valence-electron chi connectivity index (χ3n) is 5.78. The van der Waals surface area contributed by atoms with E-state index in [2.05, 4.69) is 26.3 Å². The van der Waals surface area contributed by atoms with Gasteiger partial charge in [-0.25, -0.2) is 9.97 Å². The van der Waals surface area contributed by atoms with Crippen LogP contribution in [-0.4, -0.2) is 46.6 Å². The molecule has 4 heterocycles. The monoisotopic (exact) mass is 391 g/mol. The Balaban J connectivity index is 1.23. The van der Waals surface area contributed by atoms with Gasteiger partial charge in [-0.2, -0.15) is 0 Å². The number of H-pyrrole nitrogens is 1. The molecule has 0 unspecified atom stereocenters. The van der Waals surface area contributed by atoms with E-state index in [0.29, 0.717) is 13.0 Å². The number of fused-ring (bicyclic) bond motifs is 2. The van der Waals surface area contributed by atoms with Crippen LogP contribution in [0.2, 0.25) is 0 Å². The number of nitrogens with one attached hydrogen (secondary N) is 2. The first-order valence-electron chi connectivity index (χ1n) is 10.3. The lowest BCUT2D eigenvalue weighted by Crippen LogP contribution is -2.48. The summed E-state index contributed by atoms with van der Waals surface area (Å²) in [5, 5.41) is 4.32. The maximum absolute atomic E-state index is 12.7. The number of nitrogens with zero attached hydrogens (tertiary/aromatic N) is 3. The van der Waals surface area contributed by atoms with Crippen LogP contribution in [0, 0.1) is 0 Å². The SMILES string of the molecule is O=C(Cc1c[nH]c2ccccc12)N[C@H]1CCCN(c2ncc3c(n2)CCOC3)C1. The summed E-state index contributed by atoms with van der Waals surface area (Å²) in [7, 11) is 0. The Bertz CT molecular complexity index is 1030. The molecule has 150 valence electrons. The number of carbonyl (C=O) groups excluding carboxylic acids is 1. The van der Waals surface area contributed by atoms with Gasteiger partial charge in [0.05, 0.1) is 25.3 Å². The number of rotatable bonds is 4. The Hall–Kier alpha value is -2.93. The van der Waals surface area contributed by atoms with Crippen molar-refractivity contribution < 1.29 is 9.53 Å². The van der Waals surface area contributed by atoms with Crippen LogP contribution >= 0.6 is 0 Å². The molecule has 0 aliphatic carbocycles. The fraction of sp³-hybridized carbons (Fsp3) is 0.409. The van der Waals surface area contributed by atoms with Crippen molar-refractivity contribution in [2.75, 3.05) is 24.6 Å². The normalized spacial score (nSPS) is 19.2. The second-order valence-electron chi connectivity index (χ2n) is 7.83. The molecule has 29 heavy (non-hydrogen) atoms. The van der Waals surface area contributed by atoms with Gasteiger partial charge in [-0.1, -0.05) is 18.2 Å². The van der Waals surface area contributed by atoms with E-state index in [4.69, 9.17) is 9.72 Å². The molecular formula is C22H25N5O2. The van der Waals surface area contributed by atoms with Crippen LogP contribution in [0.25, 0.3) is 10.9 Å². The molecule has 0 bridgehead atoms. The first-order chi connectivity index (χ1) is 14.3. The highest BCUT2D eigenvalue weighted by molar-refractivity contribution is 5.88. The molecule has 1 atom stereocenters. The zero-order valence-electron chi connectivity index (χ0n) is 16.4. The summed E-state index contributed by atoms with van der Waals surface area (Å²) in [6.07, 6.45) is 7.04. The van der Waals surface area contributed by atoms with Crippen molar-refractivity contribution in [3.05, 3.63) is 53.5 Å². The van der Waals surface area contributed by atoms with Gasteiger partial charge in [-0.05, 0) is 24.5 Å². The zero-order chi connectivity index (χ0) is 19.6. The fourth-order valence-corrected chi connectivity index (χ4v) is 4.28. The summed E-state index contributed by atoms with van der Waals surface area (Å²) < 4.78 is 5.47. The van der Waals surface area contributed by atoms with Gasteiger partial charge in [0.15, 0.2) is 0 Å². The van der Waals surface area contributed by atoms with Crippen molar-refractivity contribution in [2.24, 2.45) is 0 Å². The minimum absolute atomic E-state index is 0.0603. The average molecular weight is 391 g/mol. The maximum atomic E-state index is 12.7. The molecule has 1 saturated heterocycles. The first kappa shape index (κ1) is 18.1. The molecule has 7 heteroatoms. The summed E-state index contributed by atoms with van der Waals surface area (Å²) in [6, 6.07) is 8.19. The lowest BCUT2D eigenvalue weighted by molar-refractivity contribution is -0.121. The number of anilines is 1. The number of benzene rings is 1. The Morgan fingerprint density at radius 1 is 1.34 bits per heavy atom. The number of hydrogen-bond acceptors (Lipinski definition) is 5. The highest BCUT2D eigenvalue weighted by Crippen LogP contribution is 2.21. The van der Waals surface area contributed by atoms with Gasteiger partial charge in [0.2, 0.25) is 11.9 Å². The standard InChI is InChI=1S/C22H25N5O2/c28-21(10-15-11-23-20-6-2-1-5-18(15)20)25-17-4-3-8-27(13-17)22-24-12-16-14-29-9-7-19(16)26-22/h1-2,5-6,11-12,17,23H,3-4,7-10,13-14H2,(H,25,28)/t17-/m0/s1. The van der Waals surface area contributed by atoms with E-state index in [0.717, 1.165) is 72.6 Å². The lowest BCUT2D eigenvalue weighted by atomic mass is 10.0. The van der Waals surface area contributed by atoms with Gasteiger partial charge in [0.1, 0.15) is 0 Å². The summed E-state index contributed by atoms with van der Waals surface area (Å²) in [4.78, 5) is 27.4. The number of aromatic nitrogens is 3. The zero-order valence-corrected chi connectivity index (χ0v) is 16.4. The lowest BCUT2D eigenvalue weighted by Gasteiger charge is -2.33. The Morgan fingerprint density at radius 3 is 3.24 bits per heavy atom. The minimum atomic E-state index is 0.0603. The predicted molar refractivity (Wildman–Crippen MR) is 111 cm³/mol. The highest BCUT2D eigenvalue weighted by Gasteiger charge is 2.24. The summed E-state index contributed by atoms with van der Waals surface area (Å²) in [5.74, 6) is 0.825. The number of carbonyl (C=O) groups is 1. The van der Waals surface area contributed by atoms with Crippen molar-refractivity contribution >= 4 is 22.8 Å². The van der Waals surface area contributed by atoms with E-state index in [1.807, 2.05) is 30.6 Å². The largest absolute Gasteiger partial charge is 0.376 e. The molecule has 1 aromatic carbocycles. The van der Waals surface area contributed by atoms with Gasteiger partial charge >= 0.3 is 0 Å². The number of hydrogen-bond donors (Lipinski definition) is 2. The molecule has 2 aliphatic rings. The van der Waals surface area contributed by atoms with Gasteiger partial charge in [0, 0.05) is 54.4 Å².